The molecule has 0 aliphatic rings. The van der Waals surface area contributed by atoms with Crippen LogP contribution in [-0.2, 0) is 0 Å². The van der Waals surface area contributed by atoms with Crippen LogP contribution >= 0.6 is 11.3 Å². The number of methoxy groups -OCH3 is 1. The third-order valence-corrected chi connectivity index (χ3v) is 4.97. The predicted molar refractivity (Wildman–Crippen MR) is 95.4 cm³/mol. The van der Waals surface area contributed by atoms with Gasteiger partial charge in [-0.3, -0.25) is 4.79 Å². The van der Waals surface area contributed by atoms with Crippen LogP contribution in [0, 0.1) is 6.92 Å². The van der Waals surface area contributed by atoms with E-state index in [9.17, 15) is 14.7 Å². The molecule has 3 rings (SSSR count). The van der Waals surface area contributed by atoms with Crippen molar-refractivity contribution in [3.8, 4) is 5.75 Å². The second-order valence-corrected chi connectivity index (χ2v) is 6.47. The number of thiophene rings is 1. The minimum atomic E-state index is -0.823. The highest BCUT2D eigenvalue weighted by Gasteiger charge is 2.18. The first-order valence-corrected chi connectivity index (χ1v) is 8.50. The lowest BCUT2D eigenvalue weighted by Crippen LogP contribution is -2.31. The van der Waals surface area contributed by atoms with E-state index in [1.807, 2.05) is 18.4 Å². The normalized spacial score (nSPS) is 12.1. The molecule has 3 aromatic rings. The van der Waals surface area contributed by atoms with Gasteiger partial charge in [0, 0.05) is 16.8 Å². The van der Waals surface area contributed by atoms with Gasteiger partial charge in [0.15, 0.2) is 11.3 Å². The van der Waals surface area contributed by atoms with Crippen molar-refractivity contribution in [2.24, 2.45) is 0 Å². The van der Waals surface area contributed by atoms with Crippen LogP contribution < -0.4 is 15.7 Å². The fraction of sp³-hybridized carbons (Fsp3) is 0.222. The smallest absolute Gasteiger partial charge is 0.349 e. The quantitative estimate of drug-likeness (QED) is 0.684. The molecule has 130 valence electrons. The SMILES string of the molecule is COc1cccc2cc(C(=O)NCC(O)c3sccc3C)c(=O)oc12. The number of rotatable bonds is 5. The lowest BCUT2D eigenvalue weighted by atomic mass is 10.1. The van der Waals surface area contributed by atoms with E-state index < -0.39 is 17.6 Å². The zero-order valence-corrected chi connectivity index (χ0v) is 14.6. The number of aliphatic hydroxyl groups excluding tert-OH is 1. The Labute approximate surface area is 147 Å². The van der Waals surface area contributed by atoms with Crippen molar-refractivity contribution in [2.75, 3.05) is 13.7 Å². The molecule has 2 aromatic heterocycles. The van der Waals surface area contributed by atoms with Crippen molar-refractivity contribution in [1.29, 1.82) is 0 Å². The molecular formula is C18H17NO5S. The largest absolute Gasteiger partial charge is 0.493 e. The average Bonchev–Trinajstić information content (AvgIpc) is 3.04. The molecule has 0 bridgehead atoms. The van der Waals surface area contributed by atoms with Gasteiger partial charge in [-0.05, 0) is 36.1 Å². The van der Waals surface area contributed by atoms with Gasteiger partial charge in [0.2, 0.25) is 0 Å². The van der Waals surface area contributed by atoms with Gasteiger partial charge in [-0.1, -0.05) is 12.1 Å². The Morgan fingerprint density at radius 1 is 1.40 bits per heavy atom. The lowest BCUT2D eigenvalue weighted by Gasteiger charge is -2.11. The Balaban J connectivity index is 1.81. The van der Waals surface area contributed by atoms with Gasteiger partial charge in [-0.15, -0.1) is 11.3 Å². The summed E-state index contributed by atoms with van der Waals surface area (Å²) in [5.74, 6) is -0.170. The van der Waals surface area contributed by atoms with Crippen LogP contribution in [-0.4, -0.2) is 24.7 Å². The van der Waals surface area contributed by atoms with Crippen molar-refractivity contribution in [1.82, 2.24) is 5.32 Å². The van der Waals surface area contributed by atoms with E-state index in [1.165, 1.54) is 24.5 Å². The van der Waals surface area contributed by atoms with Crippen LogP contribution in [0.15, 0.2) is 44.9 Å². The maximum Gasteiger partial charge on any atom is 0.349 e. The predicted octanol–water partition coefficient (Wildman–Crippen LogP) is 2.63. The zero-order valence-electron chi connectivity index (χ0n) is 13.7. The molecule has 0 saturated heterocycles. The Hall–Kier alpha value is -2.64. The minimum Gasteiger partial charge on any atom is -0.493 e. The summed E-state index contributed by atoms with van der Waals surface area (Å²) in [6, 6.07) is 8.50. The van der Waals surface area contributed by atoms with Crippen molar-refractivity contribution in [2.45, 2.75) is 13.0 Å². The van der Waals surface area contributed by atoms with Gasteiger partial charge in [0.05, 0.1) is 7.11 Å². The third kappa shape index (κ3) is 3.42. The number of aryl methyl sites for hydroxylation is 1. The van der Waals surface area contributed by atoms with Gasteiger partial charge in [-0.25, -0.2) is 4.79 Å². The summed E-state index contributed by atoms with van der Waals surface area (Å²) in [7, 11) is 1.48. The molecule has 1 aromatic carbocycles. The van der Waals surface area contributed by atoms with Gasteiger partial charge in [0.1, 0.15) is 11.7 Å². The van der Waals surface area contributed by atoms with Crippen LogP contribution in [0.1, 0.15) is 26.9 Å². The first kappa shape index (κ1) is 17.2. The molecule has 7 heteroatoms. The van der Waals surface area contributed by atoms with Crippen molar-refractivity contribution < 1.29 is 19.1 Å². The van der Waals surface area contributed by atoms with Gasteiger partial charge in [-0.2, -0.15) is 0 Å². The number of benzene rings is 1. The molecule has 0 aliphatic heterocycles. The van der Waals surface area contributed by atoms with E-state index in [1.54, 1.807) is 18.2 Å². The second kappa shape index (κ2) is 7.08. The first-order chi connectivity index (χ1) is 12.0. The molecule has 0 saturated carbocycles. The maximum atomic E-state index is 12.3. The van der Waals surface area contributed by atoms with Crippen LogP contribution in [0.5, 0.6) is 5.75 Å². The highest BCUT2D eigenvalue weighted by atomic mass is 32.1. The summed E-state index contributed by atoms with van der Waals surface area (Å²) in [5, 5.41) is 15.2. The summed E-state index contributed by atoms with van der Waals surface area (Å²) in [5.41, 5.74) is 0.386. The van der Waals surface area contributed by atoms with Crippen LogP contribution in [0.3, 0.4) is 0 Å². The number of carbonyl (C=O) groups is 1. The van der Waals surface area contributed by atoms with E-state index >= 15 is 0 Å². The molecule has 2 N–H and O–H groups in total. The molecule has 2 heterocycles. The number of ether oxygens (including phenoxy) is 1. The Morgan fingerprint density at radius 2 is 2.20 bits per heavy atom. The van der Waals surface area contributed by atoms with Crippen molar-refractivity contribution in [3.63, 3.8) is 0 Å². The molecular weight excluding hydrogens is 342 g/mol. The Kier molecular flexibility index (Phi) is 4.87. The standard InChI is InChI=1S/C18H17NO5S/c1-10-6-7-25-16(10)13(20)9-19-17(21)12-8-11-4-3-5-14(23-2)15(11)24-18(12)22/h3-8,13,20H,9H2,1-2H3,(H,19,21). The molecule has 0 fully saturated rings. The summed E-state index contributed by atoms with van der Waals surface area (Å²) < 4.78 is 10.4. The zero-order chi connectivity index (χ0) is 18.0. The maximum absolute atomic E-state index is 12.3. The highest BCUT2D eigenvalue weighted by Crippen LogP contribution is 2.25. The van der Waals surface area contributed by atoms with Crippen molar-refractivity contribution >= 4 is 28.2 Å². The van der Waals surface area contributed by atoms with Gasteiger partial charge >= 0.3 is 5.63 Å². The molecule has 6 nitrogen and oxygen atoms in total. The van der Waals surface area contributed by atoms with Crippen molar-refractivity contribution in [3.05, 3.63) is 62.1 Å². The van der Waals surface area contributed by atoms with E-state index in [0.717, 1.165) is 10.4 Å². The van der Waals surface area contributed by atoms with Gasteiger partial charge in [0.25, 0.3) is 5.91 Å². The number of hydrogen-bond acceptors (Lipinski definition) is 6. The molecule has 0 radical (unpaired) electrons. The lowest BCUT2D eigenvalue weighted by molar-refractivity contribution is 0.0914. The van der Waals surface area contributed by atoms with E-state index in [-0.39, 0.29) is 12.1 Å². The fourth-order valence-electron chi connectivity index (χ4n) is 2.54. The van der Waals surface area contributed by atoms with E-state index in [4.69, 9.17) is 9.15 Å². The van der Waals surface area contributed by atoms with Crippen LogP contribution in [0.25, 0.3) is 11.0 Å². The summed E-state index contributed by atoms with van der Waals surface area (Å²) in [6.07, 6.45) is -0.823. The topological polar surface area (TPSA) is 88.8 Å². The molecule has 1 amide bonds. The number of fused-ring (bicyclic) bond motifs is 1. The fourth-order valence-corrected chi connectivity index (χ4v) is 3.45. The van der Waals surface area contributed by atoms with E-state index in [0.29, 0.717) is 16.7 Å². The Morgan fingerprint density at radius 3 is 2.88 bits per heavy atom. The molecule has 1 atom stereocenters. The number of hydrogen-bond donors (Lipinski definition) is 2. The summed E-state index contributed by atoms with van der Waals surface area (Å²) >= 11 is 1.42. The van der Waals surface area contributed by atoms with Gasteiger partial charge < -0.3 is 19.6 Å². The number of nitrogens with one attached hydrogen (secondary N) is 1. The molecule has 0 spiro atoms. The van der Waals surface area contributed by atoms with E-state index in [2.05, 4.69) is 5.32 Å². The molecule has 1 unspecified atom stereocenters. The minimum absolute atomic E-state index is 0.00970. The molecule has 25 heavy (non-hydrogen) atoms. The number of amides is 1. The summed E-state index contributed by atoms with van der Waals surface area (Å²) in [4.78, 5) is 25.2. The summed E-state index contributed by atoms with van der Waals surface area (Å²) in [6.45, 7) is 1.90. The number of carbonyl (C=O) groups excluding carboxylic acids is 1. The number of aliphatic hydroxyl groups is 1. The van der Waals surface area contributed by atoms with Crippen LogP contribution in [0.4, 0.5) is 0 Å². The monoisotopic (exact) mass is 359 g/mol. The Bertz CT molecular complexity index is 975. The van der Waals surface area contributed by atoms with Crippen LogP contribution in [0.2, 0.25) is 0 Å². The third-order valence-electron chi connectivity index (χ3n) is 3.85. The average molecular weight is 359 g/mol. The first-order valence-electron chi connectivity index (χ1n) is 7.62. The highest BCUT2D eigenvalue weighted by molar-refractivity contribution is 7.10. The second-order valence-electron chi connectivity index (χ2n) is 5.52. The molecule has 0 aliphatic carbocycles. The number of para-hydroxylation sites is 1.